The van der Waals surface area contributed by atoms with Crippen molar-refractivity contribution in [3.63, 3.8) is 0 Å². The smallest absolute Gasteiger partial charge is 0.261 e. The molecule has 3 aromatic rings. The van der Waals surface area contributed by atoms with E-state index in [1.54, 1.807) is 12.4 Å². The van der Waals surface area contributed by atoms with Gasteiger partial charge in [-0.05, 0) is 24.5 Å². The van der Waals surface area contributed by atoms with Crippen molar-refractivity contribution in [2.75, 3.05) is 13.7 Å². The van der Waals surface area contributed by atoms with E-state index in [0.29, 0.717) is 5.69 Å². The molecule has 5 N–H and O–H groups in total. The van der Waals surface area contributed by atoms with Crippen molar-refractivity contribution in [3.8, 4) is 0 Å². The third-order valence-corrected chi connectivity index (χ3v) is 6.09. The van der Waals surface area contributed by atoms with Gasteiger partial charge in [-0.15, -0.1) is 0 Å². The van der Waals surface area contributed by atoms with Gasteiger partial charge in [0.2, 0.25) is 5.91 Å². The topological polar surface area (TPSA) is 171 Å². The summed E-state index contributed by atoms with van der Waals surface area (Å²) in [6.07, 6.45) is 3.52. The third kappa shape index (κ3) is 8.31. The molecule has 2 aromatic heterocycles. The zero-order valence-electron chi connectivity index (χ0n) is 22.5. The van der Waals surface area contributed by atoms with Gasteiger partial charge in [0.1, 0.15) is 24.0 Å². The van der Waals surface area contributed by atoms with Crippen LogP contribution in [0.4, 0.5) is 0 Å². The van der Waals surface area contributed by atoms with Gasteiger partial charge in [0.05, 0.1) is 24.5 Å². The lowest BCUT2D eigenvalue weighted by atomic mass is 9.96. The number of ether oxygens (including phenoxy) is 1. The number of fused-ring (bicyclic) bond motifs is 1. The highest BCUT2D eigenvalue weighted by Crippen LogP contribution is 2.19. The first-order valence-electron chi connectivity index (χ1n) is 12.7. The summed E-state index contributed by atoms with van der Waals surface area (Å²) in [7, 11) is 1.45. The Morgan fingerprint density at radius 1 is 1.15 bits per heavy atom. The summed E-state index contributed by atoms with van der Waals surface area (Å²) in [5.41, 5.74) is 2.40. The Hall–Kier alpha value is -3.87. The van der Waals surface area contributed by atoms with Crippen molar-refractivity contribution < 1.29 is 29.4 Å². The second-order valence-corrected chi connectivity index (χ2v) is 9.47. The standard InChI is InChI=1S/C27H36N6O6/c1-16(2)26(38-4)24(25(36)17(3)34)33-39-15-23(35)32-22(27(37)31-14-19-13-28-9-10-29-19)11-18-12-30-21-8-6-5-7-20(18)21/h5-10,12-13,16-17,22,25-26,30,34,36H,11,14-15H2,1-4H3,(H,31,37)(H,32,35)/b33-24+/t17?,22-,25?,26-/m0/s1. The number of aliphatic hydroxyl groups is 2. The van der Waals surface area contributed by atoms with Crippen molar-refractivity contribution in [1.29, 1.82) is 0 Å². The Labute approximate surface area is 226 Å². The van der Waals surface area contributed by atoms with Crippen LogP contribution in [0.2, 0.25) is 0 Å². The Morgan fingerprint density at radius 3 is 2.59 bits per heavy atom. The third-order valence-electron chi connectivity index (χ3n) is 6.09. The van der Waals surface area contributed by atoms with Crippen LogP contribution in [-0.4, -0.2) is 80.8 Å². The van der Waals surface area contributed by atoms with E-state index in [9.17, 15) is 19.8 Å². The van der Waals surface area contributed by atoms with Crippen LogP contribution in [-0.2, 0) is 32.1 Å². The summed E-state index contributed by atoms with van der Waals surface area (Å²) in [4.78, 5) is 42.5. The van der Waals surface area contributed by atoms with Crippen molar-refractivity contribution in [1.82, 2.24) is 25.6 Å². The van der Waals surface area contributed by atoms with E-state index in [-0.39, 0.29) is 24.6 Å². The average molecular weight is 541 g/mol. The van der Waals surface area contributed by atoms with Crippen molar-refractivity contribution in [2.45, 2.75) is 58.1 Å². The number of carbonyl (C=O) groups is 2. The van der Waals surface area contributed by atoms with Gasteiger partial charge in [-0.25, -0.2) is 0 Å². The minimum atomic E-state index is -1.35. The fourth-order valence-corrected chi connectivity index (χ4v) is 4.11. The molecule has 0 bridgehead atoms. The molecular weight excluding hydrogens is 504 g/mol. The fourth-order valence-electron chi connectivity index (χ4n) is 4.11. The fraction of sp³-hybridized carbons (Fsp3) is 0.444. The van der Waals surface area contributed by atoms with Crippen molar-refractivity contribution in [3.05, 3.63) is 60.3 Å². The number of carbonyl (C=O) groups excluding carboxylic acids is 2. The van der Waals surface area contributed by atoms with Gasteiger partial charge in [-0.2, -0.15) is 0 Å². The maximum atomic E-state index is 13.1. The highest BCUT2D eigenvalue weighted by molar-refractivity contribution is 5.93. The molecule has 0 radical (unpaired) electrons. The molecule has 0 fully saturated rings. The lowest BCUT2D eigenvalue weighted by Gasteiger charge is -2.25. The second kappa shape index (κ2) is 14.3. The zero-order chi connectivity index (χ0) is 28.4. The molecule has 3 rings (SSSR count). The number of nitrogens with zero attached hydrogens (tertiary/aromatic N) is 3. The molecule has 0 aliphatic rings. The molecule has 12 nitrogen and oxygen atoms in total. The van der Waals surface area contributed by atoms with Gasteiger partial charge in [-0.3, -0.25) is 19.6 Å². The average Bonchev–Trinajstić information content (AvgIpc) is 3.33. The molecule has 0 aliphatic carbocycles. The highest BCUT2D eigenvalue weighted by Gasteiger charge is 2.30. The van der Waals surface area contributed by atoms with Crippen molar-refractivity contribution >= 4 is 28.4 Å². The number of para-hydroxylation sites is 1. The number of aromatic amines is 1. The van der Waals surface area contributed by atoms with Gasteiger partial charge in [-0.1, -0.05) is 37.2 Å². The number of hydrogen-bond donors (Lipinski definition) is 5. The molecule has 210 valence electrons. The number of hydrogen-bond acceptors (Lipinski definition) is 9. The summed E-state index contributed by atoms with van der Waals surface area (Å²) in [6.45, 7) is 4.75. The first-order valence-corrected chi connectivity index (χ1v) is 12.7. The zero-order valence-corrected chi connectivity index (χ0v) is 22.5. The number of oxime groups is 1. The van der Waals surface area contributed by atoms with E-state index in [1.165, 1.54) is 26.4 Å². The molecule has 0 aliphatic heterocycles. The van der Waals surface area contributed by atoms with Gasteiger partial charge in [0.15, 0.2) is 6.61 Å². The first-order chi connectivity index (χ1) is 18.7. The number of aromatic nitrogens is 3. The van der Waals surface area contributed by atoms with E-state index in [4.69, 9.17) is 9.57 Å². The normalized spacial score (nSPS) is 15.0. The van der Waals surface area contributed by atoms with E-state index >= 15 is 0 Å². The number of nitrogens with one attached hydrogen (secondary N) is 3. The summed E-state index contributed by atoms with van der Waals surface area (Å²) < 4.78 is 5.41. The van der Waals surface area contributed by atoms with Crippen molar-refractivity contribution in [2.24, 2.45) is 11.1 Å². The number of aliphatic hydroxyl groups excluding tert-OH is 2. The van der Waals surface area contributed by atoms with Crippen LogP contribution in [0.3, 0.4) is 0 Å². The molecule has 12 heteroatoms. The Bertz CT molecular complexity index is 1250. The summed E-state index contributed by atoms with van der Waals surface area (Å²) in [6, 6.07) is 6.74. The van der Waals surface area contributed by atoms with Crippen LogP contribution in [0.25, 0.3) is 10.9 Å². The van der Waals surface area contributed by atoms with Crippen LogP contribution in [0.1, 0.15) is 32.0 Å². The van der Waals surface area contributed by atoms with Crippen LogP contribution < -0.4 is 10.6 Å². The van der Waals surface area contributed by atoms with Gasteiger partial charge in [0, 0.05) is 43.0 Å². The Kier molecular flexibility index (Phi) is 10.9. The minimum absolute atomic E-state index is 0.0624. The number of benzene rings is 1. The molecule has 1 aromatic carbocycles. The quantitative estimate of drug-likeness (QED) is 0.149. The minimum Gasteiger partial charge on any atom is -0.390 e. The molecule has 0 saturated carbocycles. The number of H-pyrrole nitrogens is 1. The monoisotopic (exact) mass is 540 g/mol. The Morgan fingerprint density at radius 2 is 1.92 bits per heavy atom. The molecule has 4 atom stereocenters. The Balaban J connectivity index is 1.72. The summed E-state index contributed by atoms with van der Waals surface area (Å²) in [5, 5.41) is 30.6. The maximum absolute atomic E-state index is 13.1. The summed E-state index contributed by atoms with van der Waals surface area (Å²) in [5.74, 6) is -1.09. The molecule has 2 unspecified atom stereocenters. The van der Waals surface area contributed by atoms with E-state index in [0.717, 1.165) is 16.5 Å². The van der Waals surface area contributed by atoms with E-state index < -0.39 is 42.8 Å². The second-order valence-electron chi connectivity index (χ2n) is 9.47. The molecule has 0 saturated heterocycles. The molecular formula is C27H36N6O6. The van der Waals surface area contributed by atoms with E-state index in [2.05, 4.69) is 30.7 Å². The molecule has 2 heterocycles. The SMILES string of the molecule is CO[C@H](/C(=N/OCC(=O)N[C@@H](Cc1c[nH]c2ccccc12)C(=O)NCc1cnccn1)C(O)C(C)O)C(C)C. The highest BCUT2D eigenvalue weighted by atomic mass is 16.6. The maximum Gasteiger partial charge on any atom is 0.261 e. The predicted octanol–water partition coefficient (Wildman–Crippen LogP) is 1.09. The first kappa shape index (κ1) is 29.7. The molecule has 39 heavy (non-hydrogen) atoms. The van der Waals surface area contributed by atoms with Crippen LogP contribution in [0, 0.1) is 5.92 Å². The predicted molar refractivity (Wildman–Crippen MR) is 145 cm³/mol. The number of rotatable bonds is 14. The summed E-state index contributed by atoms with van der Waals surface area (Å²) >= 11 is 0. The number of methoxy groups -OCH3 is 1. The lowest BCUT2D eigenvalue weighted by Crippen LogP contribution is -2.49. The number of amides is 2. The largest absolute Gasteiger partial charge is 0.390 e. The van der Waals surface area contributed by atoms with Crippen LogP contribution >= 0.6 is 0 Å². The van der Waals surface area contributed by atoms with Gasteiger partial charge < -0.3 is 35.4 Å². The van der Waals surface area contributed by atoms with Crippen LogP contribution in [0.15, 0.2) is 54.2 Å². The van der Waals surface area contributed by atoms with Gasteiger partial charge >= 0.3 is 0 Å². The van der Waals surface area contributed by atoms with E-state index in [1.807, 2.05) is 38.1 Å². The lowest BCUT2D eigenvalue weighted by molar-refractivity contribution is -0.131. The molecule has 0 spiro atoms. The van der Waals surface area contributed by atoms with Gasteiger partial charge in [0.25, 0.3) is 5.91 Å². The molecule has 2 amide bonds. The van der Waals surface area contributed by atoms with Crippen LogP contribution in [0.5, 0.6) is 0 Å².